The third kappa shape index (κ3) is 2.67. The molecule has 0 fully saturated rings. The third-order valence-corrected chi connectivity index (χ3v) is 4.13. The summed E-state index contributed by atoms with van der Waals surface area (Å²) in [6.45, 7) is 1.47. The zero-order chi connectivity index (χ0) is 13.1. The first kappa shape index (κ1) is 12.3. The minimum absolute atomic E-state index is 0.696. The van der Waals surface area contributed by atoms with Gasteiger partial charge in [0.25, 0.3) is 0 Å². The van der Waals surface area contributed by atoms with E-state index >= 15 is 0 Å². The van der Waals surface area contributed by atoms with Crippen molar-refractivity contribution in [2.75, 3.05) is 6.54 Å². The van der Waals surface area contributed by atoms with Crippen LogP contribution in [0.1, 0.15) is 17.7 Å². The van der Waals surface area contributed by atoms with E-state index in [1.165, 1.54) is 15.6 Å². The molecule has 0 saturated heterocycles. The summed E-state index contributed by atoms with van der Waals surface area (Å²) >= 11 is 1.78. The van der Waals surface area contributed by atoms with Crippen LogP contribution in [0, 0.1) is 0 Å². The second kappa shape index (κ2) is 5.50. The van der Waals surface area contributed by atoms with E-state index in [-0.39, 0.29) is 0 Å². The van der Waals surface area contributed by atoms with Gasteiger partial charge in [0.15, 0.2) is 0 Å². The first-order valence-corrected chi connectivity index (χ1v) is 7.29. The van der Waals surface area contributed by atoms with E-state index in [4.69, 9.17) is 5.73 Å². The molecular weight excluding hydrogens is 256 g/mol. The van der Waals surface area contributed by atoms with Crippen molar-refractivity contribution in [3.8, 4) is 0 Å². The van der Waals surface area contributed by atoms with Crippen molar-refractivity contribution in [2.45, 2.75) is 19.4 Å². The topological polar surface area (TPSA) is 56.7 Å². The van der Waals surface area contributed by atoms with Crippen LogP contribution in [0.3, 0.4) is 0 Å². The molecule has 0 aliphatic carbocycles. The Hall–Kier alpha value is -1.72. The summed E-state index contributed by atoms with van der Waals surface area (Å²) in [6.07, 6.45) is 3.88. The largest absolute Gasteiger partial charge is 0.330 e. The third-order valence-electron chi connectivity index (χ3n) is 3.12. The standard InChI is InChI=1S/C14H16N4S/c15-7-3-4-12-9-18(17-16-12)8-11-10-19-14-6-2-1-5-13(11)14/h1-2,5-6,9-10H,3-4,7-8,15H2. The molecule has 0 aliphatic rings. The zero-order valence-corrected chi connectivity index (χ0v) is 11.4. The lowest BCUT2D eigenvalue weighted by Gasteiger charge is -1.98. The van der Waals surface area contributed by atoms with E-state index in [0.717, 1.165) is 25.1 Å². The molecule has 1 aromatic carbocycles. The summed E-state index contributed by atoms with van der Waals surface area (Å²) in [7, 11) is 0. The van der Waals surface area contributed by atoms with Crippen molar-refractivity contribution in [3.63, 3.8) is 0 Å². The fourth-order valence-electron chi connectivity index (χ4n) is 2.14. The SMILES string of the molecule is NCCCc1cn(Cc2csc3ccccc23)nn1. The monoisotopic (exact) mass is 272 g/mol. The van der Waals surface area contributed by atoms with E-state index in [0.29, 0.717) is 6.54 Å². The van der Waals surface area contributed by atoms with Crippen molar-refractivity contribution in [2.24, 2.45) is 5.73 Å². The van der Waals surface area contributed by atoms with Crippen molar-refractivity contribution < 1.29 is 0 Å². The van der Waals surface area contributed by atoms with Crippen molar-refractivity contribution in [1.29, 1.82) is 0 Å². The van der Waals surface area contributed by atoms with Gasteiger partial charge >= 0.3 is 0 Å². The van der Waals surface area contributed by atoms with Gasteiger partial charge in [-0.1, -0.05) is 23.4 Å². The van der Waals surface area contributed by atoms with Crippen LogP contribution in [0.2, 0.25) is 0 Å². The van der Waals surface area contributed by atoms with Gasteiger partial charge in [0.2, 0.25) is 0 Å². The number of aromatic nitrogens is 3. The molecule has 0 radical (unpaired) electrons. The number of rotatable bonds is 5. The van der Waals surface area contributed by atoms with Gasteiger partial charge in [0.1, 0.15) is 0 Å². The van der Waals surface area contributed by atoms with Gasteiger partial charge in [0.05, 0.1) is 12.2 Å². The molecule has 4 nitrogen and oxygen atoms in total. The van der Waals surface area contributed by atoms with Crippen LogP contribution in [-0.4, -0.2) is 21.5 Å². The number of hydrogen-bond donors (Lipinski definition) is 1. The van der Waals surface area contributed by atoms with Crippen molar-refractivity contribution >= 4 is 21.4 Å². The number of benzene rings is 1. The van der Waals surface area contributed by atoms with Crippen molar-refractivity contribution in [1.82, 2.24) is 15.0 Å². The molecule has 0 amide bonds. The fourth-order valence-corrected chi connectivity index (χ4v) is 3.10. The summed E-state index contributed by atoms with van der Waals surface area (Å²) in [5.41, 5.74) is 7.82. The molecule has 19 heavy (non-hydrogen) atoms. The molecule has 98 valence electrons. The highest BCUT2D eigenvalue weighted by molar-refractivity contribution is 7.17. The normalized spacial score (nSPS) is 11.2. The van der Waals surface area contributed by atoms with Gasteiger partial charge in [-0.2, -0.15) is 0 Å². The Bertz CT molecular complexity index is 671. The lowest BCUT2D eigenvalue weighted by atomic mass is 10.2. The van der Waals surface area contributed by atoms with Crippen LogP contribution in [0.4, 0.5) is 0 Å². The molecule has 3 aromatic rings. The second-order valence-corrected chi connectivity index (χ2v) is 5.47. The second-order valence-electron chi connectivity index (χ2n) is 4.56. The van der Waals surface area contributed by atoms with Crippen LogP contribution in [0.15, 0.2) is 35.8 Å². The number of nitrogens with zero attached hydrogens (tertiary/aromatic N) is 3. The van der Waals surface area contributed by atoms with Crippen molar-refractivity contribution in [3.05, 3.63) is 47.1 Å². The predicted molar refractivity (Wildman–Crippen MR) is 78.3 cm³/mol. The average Bonchev–Trinajstić information content (AvgIpc) is 3.05. The Morgan fingerprint density at radius 1 is 1.26 bits per heavy atom. The number of aryl methyl sites for hydroxylation is 1. The molecular formula is C14H16N4S. The number of fused-ring (bicyclic) bond motifs is 1. The molecule has 0 unspecified atom stereocenters. The number of thiophene rings is 1. The Labute approximate surface area is 115 Å². The molecule has 0 saturated carbocycles. The lowest BCUT2D eigenvalue weighted by molar-refractivity contribution is 0.652. The van der Waals surface area contributed by atoms with E-state index in [2.05, 4.69) is 40.0 Å². The van der Waals surface area contributed by atoms with Crippen LogP contribution in [-0.2, 0) is 13.0 Å². The molecule has 0 aliphatic heterocycles. The van der Waals surface area contributed by atoms with Crippen LogP contribution in [0.25, 0.3) is 10.1 Å². The molecule has 2 N–H and O–H groups in total. The van der Waals surface area contributed by atoms with E-state index in [9.17, 15) is 0 Å². The molecule has 2 heterocycles. The number of nitrogens with two attached hydrogens (primary N) is 1. The van der Waals surface area contributed by atoms with Gasteiger partial charge in [-0.15, -0.1) is 16.4 Å². The average molecular weight is 272 g/mol. The highest BCUT2D eigenvalue weighted by atomic mass is 32.1. The van der Waals surface area contributed by atoms with Crippen LogP contribution in [0.5, 0.6) is 0 Å². The predicted octanol–water partition coefficient (Wildman–Crippen LogP) is 2.43. The Balaban J connectivity index is 1.79. The highest BCUT2D eigenvalue weighted by Crippen LogP contribution is 2.26. The molecule has 3 rings (SSSR count). The lowest BCUT2D eigenvalue weighted by Crippen LogP contribution is -2.00. The smallest absolute Gasteiger partial charge is 0.0827 e. The van der Waals surface area contributed by atoms with Gasteiger partial charge in [0, 0.05) is 10.9 Å². The maximum Gasteiger partial charge on any atom is 0.0827 e. The first-order valence-electron chi connectivity index (χ1n) is 6.41. The van der Waals surface area contributed by atoms with E-state index in [1.54, 1.807) is 11.3 Å². The Kier molecular flexibility index (Phi) is 3.57. The Morgan fingerprint density at radius 2 is 2.16 bits per heavy atom. The summed E-state index contributed by atoms with van der Waals surface area (Å²) in [6, 6.07) is 8.46. The summed E-state index contributed by atoms with van der Waals surface area (Å²) in [5.74, 6) is 0. The summed E-state index contributed by atoms with van der Waals surface area (Å²) < 4.78 is 3.22. The Morgan fingerprint density at radius 3 is 3.05 bits per heavy atom. The zero-order valence-electron chi connectivity index (χ0n) is 10.6. The maximum absolute atomic E-state index is 5.50. The van der Waals surface area contributed by atoms with Gasteiger partial charge in [-0.25, -0.2) is 4.68 Å². The van der Waals surface area contributed by atoms with Gasteiger partial charge < -0.3 is 5.73 Å². The molecule has 2 aromatic heterocycles. The fraction of sp³-hybridized carbons (Fsp3) is 0.286. The summed E-state index contributed by atoms with van der Waals surface area (Å²) in [4.78, 5) is 0. The molecule has 0 atom stereocenters. The van der Waals surface area contributed by atoms with Crippen LogP contribution >= 0.6 is 11.3 Å². The number of hydrogen-bond acceptors (Lipinski definition) is 4. The molecule has 0 bridgehead atoms. The highest BCUT2D eigenvalue weighted by Gasteiger charge is 2.06. The van der Waals surface area contributed by atoms with Gasteiger partial charge in [-0.3, -0.25) is 0 Å². The van der Waals surface area contributed by atoms with E-state index in [1.807, 2.05) is 10.9 Å². The molecule has 0 spiro atoms. The minimum Gasteiger partial charge on any atom is -0.330 e. The quantitative estimate of drug-likeness (QED) is 0.776. The maximum atomic E-state index is 5.50. The molecule has 5 heteroatoms. The first-order chi connectivity index (χ1) is 9.36. The minimum atomic E-state index is 0.696. The van der Waals surface area contributed by atoms with Crippen LogP contribution < -0.4 is 5.73 Å². The van der Waals surface area contributed by atoms with E-state index < -0.39 is 0 Å². The van der Waals surface area contributed by atoms with Gasteiger partial charge in [-0.05, 0) is 41.8 Å². The summed E-state index contributed by atoms with van der Waals surface area (Å²) in [5, 5.41) is 11.9.